The smallest absolute Gasteiger partial charge is 0.308 e. The number of aliphatic imine (C=N–C) groups is 1. The van der Waals surface area contributed by atoms with Crippen LogP contribution in [0.4, 0.5) is 0 Å². The molecule has 1 atom stereocenters. The van der Waals surface area contributed by atoms with E-state index >= 15 is 0 Å². The average molecular weight is 490 g/mol. The van der Waals surface area contributed by atoms with Crippen LogP contribution in [0.15, 0.2) is 4.99 Å². The van der Waals surface area contributed by atoms with Crippen molar-refractivity contribution in [2.75, 3.05) is 33.3 Å². The number of nitrogens with one attached hydrogen (secondary N) is 1. The third-order valence-electron chi connectivity index (χ3n) is 5.39. The minimum Gasteiger partial charge on any atom is -0.469 e. The van der Waals surface area contributed by atoms with Crippen LogP contribution in [-0.2, 0) is 22.5 Å². The maximum absolute atomic E-state index is 11.7. The Morgan fingerprint density at radius 1 is 1.30 bits per heavy atom. The zero-order valence-electron chi connectivity index (χ0n) is 16.5. The summed E-state index contributed by atoms with van der Waals surface area (Å²) in [5.41, 5.74) is 0. The van der Waals surface area contributed by atoms with Gasteiger partial charge in [-0.3, -0.25) is 9.79 Å². The van der Waals surface area contributed by atoms with Crippen LogP contribution in [0, 0.1) is 18.8 Å². The molecular formula is C18H31IN6O2. The van der Waals surface area contributed by atoms with Crippen molar-refractivity contribution in [3.8, 4) is 0 Å². The number of hydrogen-bond acceptors (Lipinski definition) is 5. The van der Waals surface area contributed by atoms with Crippen LogP contribution in [0.2, 0.25) is 0 Å². The number of rotatable bonds is 4. The highest BCUT2D eigenvalue weighted by Crippen LogP contribution is 2.21. The Morgan fingerprint density at radius 2 is 2.04 bits per heavy atom. The standard InChI is InChI=1S/C18H30N6O2.HI/c1-4-19-18(23-9-7-15(8-10-23)17(25)26-3)20-11-14-5-6-16-22-21-13(2)24(16)12-14;/h14-15H,4-12H2,1-3H3,(H,19,20);1H. The number of ether oxygens (including phenoxy) is 1. The SMILES string of the molecule is CCNC(=NCC1CCc2nnc(C)n2C1)N1CCC(C(=O)OC)CC1.I. The summed E-state index contributed by atoms with van der Waals surface area (Å²) in [4.78, 5) is 18.9. The molecule has 0 spiro atoms. The first-order chi connectivity index (χ1) is 12.6. The van der Waals surface area contributed by atoms with Gasteiger partial charge in [0.25, 0.3) is 0 Å². The molecule has 1 aromatic rings. The molecule has 8 nitrogen and oxygen atoms in total. The molecule has 0 bridgehead atoms. The third-order valence-corrected chi connectivity index (χ3v) is 5.39. The lowest BCUT2D eigenvalue weighted by atomic mass is 9.97. The molecule has 3 rings (SSSR count). The molecule has 27 heavy (non-hydrogen) atoms. The lowest BCUT2D eigenvalue weighted by Crippen LogP contribution is -2.47. The third kappa shape index (κ3) is 5.32. The van der Waals surface area contributed by atoms with Crippen LogP contribution in [0.1, 0.15) is 37.8 Å². The summed E-state index contributed by atoms with van der Waals surface area (Å²) in [6.45, 7) is 8.37. The second kappa shape index (κ2) is 10.2. The Balaban J connectivity index is 0.00000261. The Labute approximate surface area is 178 Å². The predicted molar refractivity (Wildman–Crippen MR) is 114 cm³/mol. The second-order valence-electron chi connectivity index (χ2n) is 7.16. The highest BCUT2D eigenvalue weighted by Gasteiger charge is 2.27. The van der Waals surface area contributed by atoms with Crippen LogP contribution < -0.4 is 5.32 Å². The number of likely N-dealkylation sites (tertiary alicyclic amines) is 1. The monoisotopic (exact) mass is 490 g/mol. The van der Waals surface area contributed by atoms with Crippen molar-refractivity contribution < 1.29 is 9.53 Å². The first-order valence-corrected chi connectivity index (χ1v) is 9.62. The van der Waals surface area contributed by atoms with E-state index in [-0.39, 0.29) is 35.9 Å². The Hall–Kier alpha value is -1.39. The zero-order chi connectivity index (χ0) is 18.5. The van der Waals surface area contributed by atoms with Crippen LogP contribution in [-0.4, -0.2) is 64.9 Å². The van der Waals surface area contributed by atoms with E-state index in [2.05, 4.69) is 31.9 Å². The largest absolute Gasteiger partial charge is 0.469 e. The first-order valence-electron chi connectivity index (χ1n) is 9.62. The quantitative estimate of drug-likeness (QED) is 0.299. The first kappa shape index (κ1) is 21.9. The van der Waals surface area contributed by atoms with Gasteiger partial charge in [0.2, 0.25) is 0 Å². The summed E-state index contributed by atoms with van der Waals surface area (Å²) < 4.78 is 7.10. The number of aryl methyl sites for hydroxylation is 2. The maximum atomic E-state index is 11.7. The number of guanidine groups is 1. The summed E-state index contributed by atoms with van der Waals surface area (Å²) in [5, 5.41) is 11.8. The number of fused-ring (bicyclic) bond motifs is 1. The lowest BCUT2D eigenvalue weighted by Gasteiger charge is -2.33. The van der Waals surface area contributed by atoms with Gasteiger partial charge in [-0.2, -0.15) is 0 Å². The fourth-order valence-corrected chi connectivity index (χ4v) is 3.81. The minimum atomic E-state index is -0.0890. The molecule has 0 saturated carbocycles. The lowest BCUT2D eigenvalue weighted by molar-refractivity contribution is -0.146. The summed E-state index contributed by atoms with van der Waals surface area (Å²) in [6, 6.07) is 0. The van der Waals surface area contributed by atoms with Crippen molar-refractivity contribution >= 4 is 35.9 Å². The van der Waals surface area contributed by atoms with E-state index in [1.165, 1.54) is 7.11 Å². The van der Waals surface area contributed by atoms with Crippen LogP contribution >= 0.6 is 24.0 Å². The highest BCUT2D eigenvalue weighted by molar-refractivity contribution is 14.0. The molecule has 152 valence electrons. The van der Waals surface area contributed by atoms with E-state index in [0.717, 1.165) is 76.0 Å². The highest BCUT2D eigenvalue weighted by atomic mass is 127. The molecule has 0 radical (unpaired) electrons. The van der Waals surface area contributed by atoms with Gasteiger partial charge in [-0.05, 0) is 39.0 Å². The predicted octanol–water partition coefficient (Wildman–Crippen LogP) is 1.62. The molecule has 0 amide bonds. The zero-order valence-corrected chi connectivity index (χ0v) is 18.8. The fourth-order valence-electron chi connectivity index (χ4n) is 3.81. The van der Waals surface area contributed by atoms with Crippen molar-refractivity contribution in [2.45, 2.75) is 46.1 Å². The van der Waals surface area contributed by atoms with E-state index in [1.54, 1.807) is 0 Å². The molecule has 0 aromatic carbocycles. The van der Waals surface area contributed by atoms with Gasteiger partial charge in [-0.15, -0.1) is 34.2 Å². The number of methoxy groups -OCH3 is 1. The average Bonchev–Trinajstić information content (AvgIpc) is 3.05. The van der Waals surface area contributed by atoms with Gasteiger partial charge in [0.1, 0.15) is 11.6 Å². The molecule has 1 aromatic heterocycles. The van der Waals surface area contributed by atoms with Gasteiger partial charge in [0, 0.05) is 39.1 Å². The summed E-state index contributed by atoms with van der Waals surface area (Å²) in [7, 11) is 1.47. The van der Waals surface area contributed by atoms with Gasteiger partial charge in [-0.25, -0.2) is 0 Å². The second-order valence-corrected chi connectivity index (χ2v) is 7.16. The molecule has 9 heteroatoms. The van der Waals surface area contributed by atoms with Crippen molar-refractivity contribution in [2.24, 2.45) is 16.8 Å². The van der Waals surface area contributed by atoms with Crippen molar-refractivity contribution in [3.05, 3.63) is 11.6 Å². The van der Waals surface area contributed by atoms with Gasteiger partial charge in [0.15, 0.2) is 5.96 Å². The Kier molecular flexibility index (Phi) is 8.30. The van der Waals surface area contributed by atoms with Crippen LogP contribution in [0.5, 0.6) is 0 Å². The topological polar surface area (TPSA) is 84.6 Å². The Bertz CT molecular complexity index is 654. The van der Waals surface area contributed by atoms with Gasteiger partial charge in [-0.1, -0.05) is 0 Å². The number of esters is 1. The molecule has 1 N–H and O–H groups in total. The molecule has 1 fully saturated rings. The van der Waals surface area contributed by atoms with Crippen LogP contribution in [0.3, 0.4) is 0 Å². The molecule has 2 aliphatic rings. The van der Waals surface area contributed by atoms with E-state index in [0.29, 0.717) is 5.92 Å². The van der Waals surface area contributed by atoms with Gasteiger partial charge < -0.3 is 19.5 Å². The number of aromatic nitrogens is 3. The number of nitrogens with zero attached hydrogens (tertiary/aromatic N) is 5. The van der Waals surface area contributed by atoms with Crippen LogP contribution in [0.25, 0.3) is 0 Å². The van der Waals surface area contributed by atoms with E-state index in [9.17, 15) is 4.79 Å². The van der Waals surface area contributed by atoms with E-state index in [4.69, 9.17) is 9.73 Å². The molecule has 1 unspecified atom stereocenters. The number of hydrogen-bond donors (Lipinski definition) is 1. The summed E-state index contributed by atoms with van der Waals surface area (Å²) >= 11 is 0. The normalized spacial score (nSPS) is 20.6. The fraction of sp³-hybridized carbons (Fsp3) is 0.778. The molecule has 0 aliphatic carbocycles. The molecular weight excluding hydrogens is 459 g/mol. The molecule has 3 heterocycles. The number of carbonyl (C=O) groups excluding carboxylic acids is 1. The van der Waals surface area contributed by atoms with E-state index < -0.39 is 0 Å². The number of piperidine rings is 1. The van der Waals surface area contributed by atoms with E-state index in [1.807, 2.05) is 6.92 Å². The summed E-state index contributed by atoms with van der Waals surface area (Å²) in [6.07, 6.45) is 3.72. The number of halogens is 1. The number of carbonyl (C=O) groups is 1. The maximum Gasteiger partial charge on any atom is 0.308 e. The van der Waals surface area contributed by atoms with Crippen molar-refractivity contribution in [1.82, 2.24) is 25.0 Å². The Morgan fingerprint density at radius 3 is 2.70 bits per heavy atom. The van der Waals surface area contributed by atoms with Gasteiger partial charge >= 0.3 is 5.97 Å². The van der Waals surface area contributed by atoms with Crippen molar-refractivity contribution in [1.29, 1.82) is 0 Å². The summed E-state index contributed by atoms with van der Waals surface area (Å²) in [5.74, 6) is 3.49. The minimum absolute atomic E-state index is 0. The van der Waals surface area contributed by atoms with Crippen molar-refractivity contribution in [3.63, 3.8) is 0 Å². The van der Waals surface area contributed by atoms with Gasteiger partial charge in [0.05, 0.1) is 13.0 Å². The molecule has 2 aliphatic heterocycles. The molecule has 1 saturated heterocycles.